The van der Waals surface area contributed by atoms with Gasteiger partial charge in [-0.1, -0.05) is 60.1 Å². The van der Waals surface area contributed by atoms with E-state index >= 15 is 0 Å². The number of hydrogen-bond acceptors (Lipinski definition) is 1. The first-order valence-corrected chi connectivity index (χ1v) is 7.80. The predicted molar refractivity (Wildman–Crippen MR) is 93.8 cm³/mol. The summed E-state index contributed by atoms with van der Waals surface area (Å²) < 4.78 is 38.6. The molecule has 0 aliphatic heterocycles. The van der Waals surface area contributed by atoms with Crippen molar-refractivity contribution in [3.63, 3.8) is 0 Å². The molecule has 0 bridgehead atoms. The van der Waals surface area contributed by atoms with Crippen LogP contribution in [0.25, 0.3) is 16.8 Å². The van der Waals surface area contributed by atoms with Crippen LogP contribution >= 0.6 is 11.6 Å². The largest absolute Gasteiger partial charge is 0.417 e. The van der Waals surface area contributed by atoms with Crippen LogP contribution in [0.3, 0.4) is 0 Å². The van der Waals surface area contributed by atoms with Crippen LogP contribution in [0.4, 0.5) is 13.2 Å². The molecule has 0 N–H and O–H groups in total. The van der Waals surface area contributed by atoms with Gasteiger partial charge in [-0.05, 0) is 40.6 Å². The SMILES string of the molecule is O=C(/C=C/c1ccc(Cl)c(C(F)(F)F)c1)c1ccc2ccccc2c1. The van der Waals surface area contributed by atoms with Gasteiger partial charge < -0.3 is 0 Å². The van der Waals surface area contributed by atoms with E-state index in [1.807, 2.05) is 30.3 Å². The number of allylic oxidation sites excluding steroid dienone is 1. The Morgan fingerprint density at radius 1 is 0.920 bits per heavy atom. The molecular weight excluding hydrogens is 349 g/mol. The van der Waals surface area contributed by atoms with E-state index in [1.54, 1.807) is 12.1 Å². The second kappa shape index (κ2) is 6.73. The summed E-state index contributed by atoms with van der Waals surface area (Å²) in [4.78, 5) is 12.3. The second-order valence-corrected chi connectivity index (χ2v) is 5.90. The molecule has 0 amide bonds. The Morgan fingerprint density at radius 2 is 1.64 bits per heavy atom. The van der Waals surface area contributed by atoms with E-state index in [0.717, 1.165) is 16.8 Å². The zero-order valence-electron chi connectivity index (χ0n) is 12.8. The average molecular weight is 361 g/mol. The van der Waals surface area contributed by atoms with Gasteiger partial charge >= 0.3 is 6.18 Å². The van der Waals surface area contributed by atoms with Gasteiger partial charge in [0.1, 0.15) is 0 Å². The Labute approximate surface area is 147 Å². The van der Waals surface area contributed by atoms with Gasteiger partial charge in [-0.3, -0.25) is 4.79 Å². The Balaban J connectivity index is 1.87. The van der Waals surface area contributed by atoms with Crippen molar-refractivity contribution in [1.82, 2.24) is 0 Å². The third-order valence-electron chi connectivity index (χ3n) is 3.76. The topological polar surface area (TPSA) is 17.1 Å². The molecule has 126 valence electrons. The van der Waals surface area contributed by atoms with Gasteiger partial charge in [-0.25, -0.2) is 0 Å². The number of hydrogen-bond donors (Lipinski definition) is 0. The van der Waals surface area contributed by atoms with Crippen molar-refractivity contribution in [1.29, 1.82) is 0 Å². The minimum Gasteiger partial charge on any atom is -0.289 e. The van der Waals surface area contributed by atoms with Crippen molar-refractivity contribution in [2.45, 2.75) is 6.18 Å². The smallest absolute Gasteiger partial charge is 0.289 e. The van der Waals surface area contributed by atoms with Crippen molar-refractivity contribution >= 4 is 34.2 Å². The molecule has 0 aliphatic carbocycles. The van der Waals surface area contributed by atoms with Crippen LogP contribution in [0.15, 0.2) is 66.7 Å². The molecule has 0 fully saturated rings. The number of fused-ring (bicyclic) bond motifs is 1. The summed E-state index contributed by atoms with van der Waals surface area (Å²) in [6.07, 6.45) is -1.93. The highest BCUT2D eigenvalue weighted by Gasteiger charge is 2.33. The van der Waals surface area contributed by atoms with Gasteiger partial charge in [0, 0.05) is 5.56 Å². The van der Waals surface area contributed by atoms with Gasteiger partial charge in [0.05, 0.1) is 10.6 Å². The van der Waals surface area contributed by atoms with E-state index < -0.39 is 11.7 Å². The van der Waals surface area contributed by atoms with E-state index in [-0.39, 0.29) is 16.4 Å². The molecule has 0 heterocycles. The summed E-state index contributed by atoms with van der Waals surface area (Å²) >= 11 is 5.58. The fourth-order valence-corrected chi connectivity index (χ4v) is 2.70. The quantitative estimate of drug-likeness (QED) is 0.389. The van der Waals surface area contributed by atoms with E-state index in [1.165, 1.54) is 24.3 Å². The number of halogens is 4. The number of benzene rings is 3. The third kappa shape index (κ3) is 3.91. The fraction of sp³-hybridized carbons (Fsp3) is 0.0500. The van der Waals surface area contributed by atoms with Crippen LogP contribution < -0.4 is 0 Å². The predicted octanol–water partition coefficient (Wildman–Crippen LogP) is 6.41. The number of rotatable bonds is 3. The maximum absolute atomic E-state index is 12.9. The number of alkyl halides is 3. The zero-order chi connectivity index (χ0) is 18.0. The minimum absolute atomic E-state index is 0.255. The molecule has 3 rings (SSSR count). The second-order valence-electron chi connectivity index (χ2n) is 5.50. The number of carbonyl (C=O) groups is 1. The molecule has 3 aromatic rings. The lowest BCUT2D eigenvalue weighted by molar-refractivity contribution is -0.137. The van der Waals surface area contributed by atoms with Crippen molar-refractivity contribution in [2.75, 3.05) is 0 Å². The van der Waals surface area contributed by atoms with Crippen LogP contribution in [0.1, 0.15) is 21.5 Å². The third-order valence-corrected chi connectivity index (χ3v) is 4.09. The molecule has 0 aliphatic rings. The van der Waals surface area contributed by atoms with Gasteiger partial charge in [-0.15, -0.1) is 0 Å². The van der Waals surface area contributed by atoms with E-state index in [4.69, 9.17) is 11.6 Å². The van der Waals surface area contributed by atoms with E-state index in [2.05, 4.69) is 0 Å². The highest BCUT2D eigenvalue weighted by Crippen LogP contribution is 2.35. The van der Waals surface area contributed by atoms with Crippen molar-refractivity contribution in [3.8, 4) is 0 Å². The molecule has 0 aromatic heterocycles. The van der Waals surface area contributed by atoms with Crippen LogP contribution in [0, 0.1) is 0 Å². The van der Waals surface area contributed by atoms with Gasteiger partial charge in [0.15, 0.2) is 5.78 Å². The summed E-state index contributed by atoms with van der Waals surface area (Å²) in [6, 6.07) is 16.4. The molecule has 0 saturated carbocycles. The molecule has 5 heteroatoms. The minimum atomic E-state index is -4.54. The summed E-state index contributed by atoms with van der Waals surface area (Å²) in [7, 11) is 0. The molecule has 1 nitrogen and oxygen atoms in total. The Kier molecular flexibility index (Phi) is 4.64. The molecule has 0 atom stereocenters. The average Bonchev–Trinajstić information content (AvgIpc) is 2.59. The standard InChI is InChI=1S/C20H12ClF3O/c21-18-9-5-13(11-17(18)20(22,23)24)6-10-19(25)16-8-7-14-3-1-2-4-15(14)12-16/h1-12H/b10-6+. The van der Waals surface area contributed by atoms with Crippen molar-refractivity contribution in [3.05, 3.63) is 88.5 Å². The van der Waals surface area contributed by atoms with Gasteiger partial charge in [0.25, 0.3) is 0 Å². The summed E-state index contributed by atoms with van der Waals surface area (Å²) in [5.41, 5.74) is -0.194. The molecule has 0 radical (unpaired) electrons. The van der Waals surface area contributed by atoms with Crippen LogP contribution in [0.5, 0.6) is 0 Å². The monoisotopic (exact) mass is 360 g/mol. The highest BCUT2D eigenvalue weighted by molar-refractivity contribution is 6.31. The molecule has 0 unspecified atom stereocenters. The fourth-order valence-electron chi connectivity index (χ4n) is 2.47. The normalized spacial score (nSPS) is 12.0. The van der Waals surface area contributed by atoms with Gasteiger partial charge in [-0.2, -0.15) is 13.2 Å². The lowest BCUT2D eigenvalue weighted by atomic mass is 10.0. The Hall–Kier alpha value is -2.59. The Morgan fingerprint density at radius 3 is 2.36 bits per heavy atom. The Bertz CT molecular complexity index is 974. The van der Waals surface area contributed by atoms with E-state index in [0.29, 0.717) is 5.56 Å². The molecule has 0 saturated heterocycles. The van der Waals surface area contributed by atoms with Crippen LogP contribution in [0.2, 0.25) is 5.02 Å². The van der Waals surface area contributed by atoms with Gasteiger partial charge in [0.2, 0.25) is 0 Å². The zero-order valence-corrected chi connectivity index (χ0v) is 13.6. The number of ketones is 1. The first-order chi connectivity index (χ1) is 11.8. The van der Waals surface area contributed by atoms with Crippen LogP contribution in [-0.2, 0) is 6.18 Å². The maximum atomic E-state index is 12.9. The molecule has 25 heavy (non-hydrogen) atoms. The molecular formula is C20H12ClF3O. The first kappa shape index (κ1) is 17.2. The summed E-state index contributed by atoms with van der Waals surface area (Å²) in [6.45, 7) is 0. The lowest BCUT2D eigenvalue weighted by Gasteiger charge is -2.09. The number of carbonyl (C=O) groups excluding carboxylic acids is 1. The summed E-state index contributed by atoms with van der Waals surface area (Å²) in [5, 5.41) is 1.56. The van der Waals surface area contributed by atoms with Crippen molar-refractivity contribution in [2.24, 2.45) is 0 Å². The van der Waals surface area contributed by atoms with Crippen molar-refractivity contribution < 1.29 is 18.0 Å². The molecule has 3 aromatic carbocycles. The molecule has 0 spiro atoms. The van der Waals surface area contributed by atoms with Crippen LogP contribution in [-0.4, -0.2) is 5.78 Å². The maximum Gasteiger partial charge on any atom is 0.417 e. The lowest BCUT2D eigenvalue weighted by Crippen LogP contribution is -2.06. The summed E-state index contributed by atoms with van der Waals surface area (Å²) in [5.74, 6) is -0.283. The van der Waals surface area contributed by atoms with E-state index in [9.17, 15) is 18.0 Å². The first-order valence-electron chi connectivity index (χ1n) is 7.42. The highest BCUT2D eigenvalue weighted by atomic mass is 35.5.